The normalized spacial score (nSPS) is 12.0. The van der Waals surface area contributed by atoms with Gasteiger partial charge in [0, 0.05) is 36.5 Å². The summed E-state index contributed by atoms with van der Waals surface area (Å²) < 4.78 is 0. The van der Waals surface area contributed by atoms with Crippen LogP contribution in [-0.2, 0) is 22.4 Å². The summed E-state index contributed by atoms with van der Waals surface area (Å²) in [5, 5.41) is 9.47. The summed E-state index contributed by atoms with van der Waals surface area (Å²) in [6.45, 7) is 1.18. The minimum Gasteiger partial charge on any atom is -0.361 e. The third-order valence-corrected chi connectivity index (χ3v) is 6.68. The number of hydrogen-bond donors (Lipinski definition) is 4. The SMILES string of the molecule is NCCCCCCC(=O)NC(Cc1cccc2ccccc12)C(=O)NCCc1c[nH]c2ccccc12. The van der Waals surface area contributed by atoms with Gasteiger partial charge in [0.2, 0.25) is 11.8 Å². The highest BCUT2D eigenvalue weighted by atomic mass is 16.2. The molecule has 0 fully saturated rings. The van der Waals surface area contributed by atoms with E-state index >= 15 is 0 Å². The number of unbranched alkanes of at least 4 members (excludes halogenated alkanes) is 3. The highest BCUT2D eigenvalue weighted by Crippen LogP contribution is 2.20. The van der Waals surface area contributed by atoms with Crippen LogP contribution in [0.5, 0.6) is 0 Å². The van der Waals surface area contributed by atoms with Crippen LogP contribution in [0.15, 0.2) is 72.9 Å². The zero-order chi connectivity index (χ0) is 25.2. The molecule has 0 spiro atoms. The number of carbonyl (C=O) groups excluding carboxylic acids is 2. The molecule has 1 unspecified atom stereocenters. The van der Waals surface area contributed by atoms with E-state index in [9.17, 15) is 9.59 Å². The third kappa shape index (κ3) is 6.73. The number of carbonyl (C=O) groups is 2. The van der Waals surface area contributed by atoms with Gasteiger partial charge < -0.3 is 21.4 Å². The summed E-state index contributed by atoms with van der Waals surface area (Å²) in [5.74, 6) is -0.237. The van der Waals surface area contributed by atoms with Gasteiger partial charge in [-0.2, -0.15) is 0 Å². The highest BCUT2D eigenvalue weighted by molar-refractivity contribution is 5.90. The lowest BCUT2D eigenvalue weighted by atomic mass is 9.98. The molecule has 5 N–H and O–H groups in total. The van der Waals surface area contributed by atoms with E-state index in [0.717, 1.165) is 53.1 Å². The number of fused-ring (bicyclic) bond motifs is 2. The van der Waals surface area contributed by atoms with Crippen molar-refractivity contribution in [1.29, 1.82) is 0 Å². The van der Waals surface area contributed by atoms with E-state index in [1.165, 1.54) is 5.39 Å². The van der Waals surface area contributed by atoms with E-state index < -0.39 is 6.04 Å². The number of H-pyrrole nitrogens is 1. The molecular formula is C30H36N4O2. The second-order valence-corrected chi connectivity index (χ2v) is 9.32. The van der Waals surface area contributed by atoms with Crippen LogP contribution in [0.4, 0.5) is 0 Å². The number of rotatable bonds is 13. The molecule has 4 aromatic rings. The van der Waals surface area contributed by atoms with Gasteiger partial charge in [-0.1, -0.05) is 73.5 Å². The minimum absolute atomic E-state index is 0.0836. The molecule has 6 nitrogen and oxygen atoms in total. The highest BCUT2D eigenvalue weighted by Gasteiger charge is 2.22. The number of hydrogen-bond acceptors (Lipinski definition) is 3. The summed E-state index contributed by atoms with van der Waals surface area (Å²) >= 11 is 0. The molecule has 0 saturated heterocycles. The second-order valence-electron chi connectivity index (χ2n) is 9.32. The van der Waals surface area contributed by atoms with Crippen LogP contribution in [0, 0.1) is 0 Å². The summed E-state index contributed by atoms with van der Waals surface area (Å²) in [4.78, 5) is 29.3. The lowest BCUT2D eigenvalue weighted by Crippen LogP contribution is -2.48. The molecule has 0 bridgehead atoms. The largest absolute Gasteiger partial charge is 0.361 e. The molecule has 0 radical (unpaired) electrons. The van der Waals surface area contributed by atoms with Crippen molar-refractivity contribution in [3.63, 3.8) is 0 Å². The second kappa shape index (κ2) is 12.9. The molecule has 4 rings (SSSR count). The van der Waals surface area contributed by atoms with Gasteiger partial charge in [-0.15, -0.1) is 0 Å². The van der Waals surface area contributed by atoms with Crippen molar-refractivity contribution in [3.8, 4) is 0 Å². The average Bonchev–Trinajstić information content (AvgIpc) is 3.31. The first-order valence-corrected chi connectivity index (χ1v) is 12.9. The van der Waals surface area contributed by atoms with Crippen LogP contribution < -0.4 is 16.4 Å². The Balaban J connectivity index is 1.41. The number of nitrogens with two attached hydrogens (primary N) is 1. The first-order valence-electron chi connectivity index (χ1n) is 12.9. The third-order valence-electron chi connectivity index (χ3n) is 6.68. The fraction of sp³-hybridized carbons (Fsp3) is 0.333. The molecular weight excluding hydrogens is 448 g/mol. The lowest BCUT2D eigenvalue weighted by Gasteiger charge is -2.20. The molecule has 0 aliphatic heterocycles. The summed E-state index contributed by atoms with van der Waals surface area (Å²) in [6.07, 6.45) is 7.34. The number of aromatic nitrogens is 1. The molecule has 2 amide bonds. The topological polar surface area (TPSA) is 100 Å². The molecule has 36 heavy (non-hydrogen) atoms. The van der Waals surface area contributed by atoms with E-state index in [1.807, 2.05) is 48.7 Å². The number of para-hydroxylation sites is 1. The number of amides is 2. The Morgan fingerprint density at radius 3 is 2.44 bits per heavy atom. The number of benzene rings is 3. The van der Waals surface area contributed by atoms with Crippen LogP contribution in [-0.4, -0.2) is 35.9 Å². The molecule has 1 heterocycles. The maximum absolute atomic E-state index is 13.3. The van der Waals surface area contributed by atoms with Crippen LogP contribution in [0.1, 0.15) is 43.2 Å². The predicted molar refractivity (Wildman–Crippen MR) is 147 cm³/mol. The maximum atomic E-state index is 13.3. The molecule has 0 aliphatic rings. The van der Waals surface area contributed by atoms with E-state index in [1.54, 1.807) is 0 Å². The Bertz CT molecular complexity index is 1290. The fourth-order valence-electron chi connectivity index (χ4n) is 4.73. The average molecular weight is 485 g/mol. The van der Waals surface area contributed by atoms with Crippen LogP contribution in [0.3, 0.4) is 0 Å². The Hall–Kier alpha value is -3.64. The molecule has 1 aromatic heterocycles. The smallest absolute Gasteiger partial charge is 0.242 e. The van der Waals surface area contributed by atoms with Gasteiger partial charge in [0.15, 0.2) is 0 Å². The van der Waals surface area contributed by atoms with Crippen LogP contribution in [0.25, 0.3) is 21.7 Å². The van der Waals surface area contributed by atoms with Gasteiger partial charge in [-0.3, -0.25) is 9.59 Å². The fourth-order valence-corrected chi connectivity index (χ4v) is 4.73. The first kappa shape index (κ1) is 25.5. The first-order chi connectivity index (χ1) is 17.7. The van der Waals surface area contributed by atoms with E-state index in [2.05, 4.69) is 39.9 Å². The van der Waals surface area contributed by atoms with Crippen molar-refractivity contribution < 1.29 is 9.59 Å². The summed E-state index contributed by atoms with van der Waals surface area (Å²) in [6, 6.07) is 21.8. The van der Waals surface area contributed by atoms with E-state index in [-0.39, 0.29) is 11.8 Å². The van der Waals surface area contributed by atoms with Crippen LogP contribution in [0.2, 0.25) is 0 Å². The van der Waals surface area contributed by atoms with Gasteiger partial charge >= 0.3 is 0 Å². The zero-order valence-corrected chi connectivity index (χ0v) is 20.8. The number of nitrogens with one attached hydrogen (secondary N) is 3. The van der Waals surface area contributed by atoms with Gasteiger partial charge in [-0.25, -0.2) is 0 Å². The van der Waals surface area contributed by atoms with E-state index in [0.29, 0.717) is 32.4 Å². The van der Waals surface area contributed by atoms with Gasteiger partial charge in [0.1, 0.15) is 6.04 Å². The standard InChI is InChI=1S/C30H36N4O2/c31-18-8-2-1-3-16-29(35)34-28(20-23-12-9-11-22-10-4-5-13-25(22)23)30(36)32-19-17-24-21-33-27-15-7-6-14-26(24)27/h4-7,9-15,21,28,33H,1-3,8,16-20,31H2,(H,32,36)(H,34,35). The van der Waals surface area contributed by atoms with Crippen molar-refractivity contribution in [3.05, 3.63) is 84.1 Å². The lowest BCUT2D eigenvalue weighted by molar-refractivity contribution is -0.129. The van der Waals surface area contributed by atoms with Crippen molar-refractivity contribution in [2.24, 2.45) is 5.73 Å². The predicted octanol–water partition coefficient (Wildman–Crippen LogP) is 4.62. The molecule has 0 aliphatic carbocycles. The Labute approximate surface area is 212 Å². The maximum Gasteiger partial charge on any atom is 0.242 e. The number of aromatic amines is 1. The van der Waals surface area contributed by atoms with Crippen molar-refractivity contribution in [1.82, 2.24) is 15.6 Å². The van der Waals surface area contributed by atoms with Crippen molar-refractivity contribution >= 4 is 33.5 Å². The quantitative estimate of drug-likeness (QED) is 0.208. The molecule has 6 heteroatoms. The van der Waals surface area contributed by atoms with Crippen LogP contribution >= 0.6 is 0 Å². The van der Waals surface area contributed by atoms with Crippen molar-refractivity contribution in [2.45, 2.75) is 51.0 Å². The van der Waals surface area contributed by atoms with Gasteiger partial charge in [0.25, 0.3) is 0 Å². The Morgan fingerprint density at radius 2 is 1.58 bits per heavy atom. The molecule has 188 valence electrons. The summed E-state index contributed by atoms with van der Waals surface area (Å²) in [7, 11) is 0. The van der Waals surface area contributed by atoms with Gasteiger partial charge in [0.05, 0.1) is 0 Å². The van der Waals surface area contributed by atoms with Gasteiger partial charge in [-0.05, 0) is 53.8 Å². The zero-order valence-electron chi connectivity index (χ0n) is 20.8. The molecule has 1 atom stereocenters. The Morgan fingerprint density at radius 1 is 0.833 bits per heavy atom. The molecule has 0 saturated carbocycles. The van der Waals surface area contributed by atoms with E-state index in [4.69, 9.17) is 5.73 Å². The van der Waals surface area contributed by atoms with Crippen molar-refractivity contribution in [2.75, 3.05) is 13.1 Å². The minimum atomic E-state index is -0.629. The monoisotopic (exact) mass is 484 g/mol. The Kier molecular flexibility index (Phi) is 9.11. The summed E-state index contributed by atoms with van der Waals surface area (Å²) in [5.41, 5.74) is 8.86. The molecule has 3 aromatic carbocycles.